The van der Waals surface area contributed by atoms with Crippen molar-refractivity contribution >= 4 is 5.97 Å². The third-order valence-corrected chi connectivity index (χ3v) is 3.76. The average molecular weight is 304 g/mol. The number of aliphatic carboxylic acids is 1. The number of rotatable bonds is 4. The molecule has 2 aromatic heterocycles. The number of aryl methyl sites for hydroxylation is 1. The van der Waals surface area contributed by atoms with Gasteiger partial charge in [-0.3, -0.25) is 4.57 Å². The molecule has 1 atom stereocenters. The topological polar surface area (TPSA) is 99.2 Å². The molecule has 0 bridgehead atoms. The largest absolute Gasteiger partial charge is 0.481 e. The van der Waals surface area contributed by atoms with Gasteiger partial charge in [-0.2, -0.15) is 5.10 Å². The van der Waals surface area contributed by atoms with E-state index < -0.39 is 17.7 Å². The molecule has 3 rings (SSSR count). The average Bonchev–Trinajstić information content (AvgIpc) is 2.84. The van der Waals surface area contributed by atoms with Crippen LogP contribution in [-0.4, -0.2) is 37.5 Å². The lowest BCUT2D eigenvalue weighted by atomic mass is 10.1. The Morgan fingerprint density at radius 3 is 3.09 bits per heavy atom. The third kappa shape index (κ3) is 2.47. The van der Waals surface area contributed by atoms with Crippen LogP contribution in [0, 0.1) is 0 Å². The van der Waals surface area contributed by atoms with E-state index in [4.69, 9.17) is 4.74 Å². The minimum absolute atomic E-state index is 0.254. The van der Waals surface area contributed by atoms with Crippen LogP contribution in [0.5, 0.6) is 5.88 Å². The minimum Gasteiger partial charge on any atom is -0.481 e. The lowest BCUT2D eigenvalue weighted by Gasteiger charge is -2.19. The molecule has 2 aromatic rings. The maximum absolute atomic E-state index is 12.4. The van der Waals surface area contributed by atoms with Crippen molar-refractivity contribution in [1.29, 1.82) is 0 Å². The van der Waals surface area contributed by atoms with E-state index in [1.807, 2.05) is 0 Å². The Bertz CT molecular complexity index is 764. The quantitative estimate of drug-likeness (QED) is 0.881. The van der Waals surface area contributed by atoms with Crippen LogP contribution < -0.4 is 10.4 Å². The van der Waals surface area contributed by atoms with Gasteiger partial charge in [-0.1, -0.05) is 0 Å². The van der Waals surface area contributed by atoms with Crippen LogP contribution in [0.2, 0.25) is 0 Å². The van der Waals surface area contributed by atoms with Crippen LogP contribution in [0.1, 0.15) is 30.3 Å². The van der Waals surface area contributed by atoms with Gasteiger partial charge >= 0.3 is 11.7 Å². The van der Waals surface area contributed by atoms with Crippen molar-refractivity contribution in [3.05, 3.63) is 40.2 Å². The fourth-order valence-corrected chi connectivity index (χ4v) is 2.70. The van der Waals surface area contributed by atoms with Crippen LogP contribution >= 0.6 is 0 Å². The highest BCUT2D eigenvalue weighted by atomic mass is 16.5. The molecule has 1 N–H and O–H groups in total. The Labute approximate surface area is 126 Å². The number of aromatic nitrogens is 4. The van der Waals surface area contributed by atoms with E-state index in [9.17, 15) is 14.7 Å². The van der Waals surface area contributed by atoms with E-state index in [-0.39, 0.29) is 6.54 Å². The molecule has 3 heterocycles. The highest BCUT2D eigenvalue weighted by molar-refractivity contribution is 5.72. The number of carboxylic acids is 1. The van der Waals surface area contributed by atoms with Gasteiger partial charge in [-0.25, -0.2) is 19.3 Å². The predicted molar refractivity (Wildman–Crippen MR) is 76.0 cm³/mol. The number of nitrogens with zero attached hydrogens (tertiary/aromatic N) is 4. The first-order valence-corrected chi connectivity index (χ1v) is 7.00. The molecule has 1 aliphatic rings. The Morgan fingerprint density at radius 2 is 2.36 bits per heavy atom. The van der Waals surface area contributed by atoms with Gasteiger partial charge in [-0.15, -0.1) is 0 Å². The zero-order valence-corrected chi connectivity index (χ0v) is 12.1. The predicted octanol–water partition coefficient (Wildman–Crippen LogP) is 0.459. The Kier molecular flexibility index (Phi) is 3.66. The molecular weight excluding hydrogens is 288 g/mol. The normalized spacial score (nSPS) is 17.0. The molecule has 0 fully saturated rings. The van der Waals surface area contributed by atoms with E-state index >= 15 is 0 Å². The summed E-state index contributed by atoms with van der Waals surface area (Å²) < 4.78 is 7.64. The smallest absolute Gasteiger partial charge is 0.347 e. The standard InChI is InChI=1S/C14H16N4O4/c1-22-12-7-9(5-6-15-12)8-17-14(21)18-10(13(19)20)3-2-4-11(18)16-17/h5-7,10H,2-4,8H2,1H3,(H,19,20). The Hall–Kier alpha value is -2.64. The lowest BCUT2D eigenvalue weighted by molar-refractivity contribution is -0.141. The van der Waals surface area contributed by atoms with Gasteiger partial charge in [0.25, 0.3) is 0 Å². The summed E-state index contributed by atoms with van der Waals surface area (Å²) in [7, 11) is 1.52. The maximum atomic E-state index is 12.4. The van der Waals surface area contributed by atoms with Crippen molar-refractivity contribution in [2.45, 2.75) is 31.8 Å². The third-order valence-electron chi connectivity index (χ3n) is 3.76. The number of hydrogen-bond donors (Lipinski definition) is 1. The molecule has 8 heteroatoms. The van der Waals surface area contributed by atoms with Crippen molar-refractivity contribution in [3.63, 3.8) is 0 Å². The fraction of sp³-hybridized carbons (Fsp3) is 0.429. The SMILES string of the molecule is COc1cc(Cn2nc3n(c2=O)C(C(=O)O)CCC3)ccn1. The van der Waals surface area contributed by atoms with Gasteiger partial charge in [0.1, 0.15) is 11.9 Å². The zero-order valence-electron chi connectivity index (χ0n) is 12.1. The summed E-state index contributed by atoms with van der Waals surface area (Å²) in [5.74, 6) is -0.00390. The molecule has 0 spiro atoms. The van der Waals surface area contributed by atoms with Crippen LogP contribution in [-0.2, 0) is 17.8 Å². The molecule has 0 saturated carbocycles. The molecule has 8 nitrogen and oxygen atoms in total. The molecular formula is C14H16N4O4. The molecule has 0 radical (unpaired) electrons. The first-order valence-electron chi connectivity index (χ1n) is 7.00. The highest BCUT2D eigenvalue weighted by Gasteiger charge is 2.30. The van der Waals surface area contributed by atoms with E-state index in [2.05, 4.69) is 10.1 Å². The number of carboxylic acid groups (broad SMARTS) is 1. The molecule has 0 saturated heterocycles. The van der Waals surface area contributed by atoms with E-state index in [1.54, 1.807) is 18.3 Å². The van der Waals surface area contributed by atoms with Gasteiger partial charge in [-0.05, 0) is 24.5 Å². The molecule has 1 unspecified atom stereocenters. The molecule has 0 aliphatic carbocycles. The van der Waals surface area contributed by atoms with Crippen molar-refractivity contribution < 1.29 is 14.6 Å². The Balaban J connectivity index is 1.96. The summed E-state index contributed by atoms with van der Waals surface area (Å²) in [5, 5.41) is 13.5. The summed E-state index contributed by atoms with van der Waals surface area (Å²) in [6, 6.07) is 2.67. The molecule has 0 amide bonds. The molecule has 22 heavy (non-hydrogen) atoms. The van der Waals surface area contributed by atoms with E-state index in [0.29, 0.717) is 24.5 Å². The van der Waals surface area contributed by atoms with Crippen LogP contribution in [0.25, 0.3) is 0 Å². The second-order valence-corrected chi connectivity index (χ2v) is 5.18. The van der Waals surface area contributed by atoms with Crippen molar-refractivity contribution in [2.75, 3.05) is 7.11 Å². The maximum Gasteiger partial charge on any atom is 0.347 e. The number of carbonyl (C=O) groups is 1. The van der Waals surface area contributed by atoms with E-state index in [1.165, 1.54) is 16.4 Å². The summed E-state index contributed by atoms with van der Waals surface area (Å²) >= 11 is 0. The minimum atomic E-state index is -0.992. The fourth-order valence-electron chi connectivity index (χ4n) is 2.70. The zero-order chi connectivity index (χ0) is 15.7. The number of methoxy groups -OCH3 is 1. The first-order chi connectivity index (χ1) is 10.6. The van der Waals surface area contributed by atoms with Gasteiger partial charge < -0.3 is 9.84 Å². The van der Waals surface area contributed by atoms with Crippen molar-refractivity contribution in [1.82, 2.24) is 19.3 Å². The number of fused-ring (bicyclic) bond motifs is 1. The Morgan fingerprint density at radius 1 is 1.55 bits per heavy atom. The second-order valence-electron chi connectivity index (χ2n) is 5.18. The highest BCUT2D eigenvalue weighted by Crippen LogP contribution is 2.22. The summed E-state index contributed by atoms with van der Waals surface area (Å²) in [6.45, 7) is 0.254. The monoisotopic (exact) mass is 304 g/mol. The second kappa shape index (κ2) is 5.63. The van der Waals surface area contributed by atoms with Crippen LogP contribution in [0.3, 0.4) is 0 Å². The van der Waals surface area contributed by atoms with Crippen LogP contribution in [0.4, 0.5) is 0 Å². The molecule has 116 valence electrons. The summed E-state index contributed by atoms with van der Waals surface area (Å²) in [5.41, 5.74) is 0.425. The number of hydrogen-bond acceptors (Lipinski definition) is 5. The first kappa shape index (κ1) is 14.3. The lowest BCUT2D eigenvalue weighted by Crippen LogP contribution is -2.34. The number of pyridine rings is 1. The van der Waals surface area contributed by atoms with Crippen molar-refractivity contribution in [3.8, 4) is 5.88 Å². The van der Waals surface area contributed by atoms with E-state index in [0.717, 1.165) is 12.0 Å². The van der Waals surface area contributed by atoms with Gasteiger partial charge in [0.15, 0.2) is 0 Å². The van der Waals surface area contributed by atoms with Crippen LogP contribution in [0.15, 0.2) is 23.1 Å². The molecule has 0 aromatic carbocycles. The van der Waals surface area contributed by atoms with Crippen molar-refractivity contribution in [2.24, 2.45) is 0 Å². The van der Waals surface area contributed by atoms with Gasteiger partial charge in [0.05, 0.1) is 13.7 Å². The van der Waals surface area contributed by atoms with Gasteiger partial charge in [0, 0.05) is 18.7 Å². The summed E-state index contributed by atoms with van der Waals surface area (Å²) in [4.78, 5) is 27.7. The van der Waals surface area contributed by atoms with Gasteiger partial charge in [0.2, 0.25) is 5.88 Å². The molecule has 1 aliphatic heterocycles. The summed E-state index contributed by atoms with van der Waals surface area (Å²) in [6.07, 6.45) is 3.38. The number of ether oxygens (including phenoxy) is 1.